The standard InChI is InChI=1S/C11H13N3/c1-9(10-5-3-2-4-6-10)14-8-11(12)7-13-14/h2-9H,12H2,1H3/t9-/m1/s1. The van der Waals surface area contributed by atoms with Gasteiger partial charge in [0.25, 0.3) is 0 Å². The second kappa shape index (κ2) is 3.54. The van der Waals surface area contributed by atoms with Crippen molar-refractivity contribution in [1.29, 1.82) is 0 Å². The van der Waals surface area contributed by atoms with Gasteiger partial charge in [0.05, 0.1) is 17.9 Å². The number of nitrogens with two attached hydrogens (primary N) is 1. The van der Waals surface area contributed by atoms with Crippen LogP contribution in [0.4, 0.5) is 5.69 Å². The van der Waals surface area contributed by atoms with Gasteiger partial charge >= 0.3 is 0 Å². The van der Waals surface area contributed by atoms with Gasteiger partial charge in [-0.05, 0) is 12.5 Å². The Hall–Kier alpha value is -1.77. The minimum Gasteiger partial charge on any atom is -0.396 e. The van der Waals surface area contributed by atoms with Crippen LogP contribution >= 0.6 is 0 Å². The third-order valence-corrected chi connectivity index (χ3v) is 2.30. The first-order valence-electron chi connectivity index (χ1n) is 4.62. The van der Waals surface area contributed by atoms with Crippen LogP contribution in [0.15, 0.2) is 42.7 Å². The molecule has 0 aliphatic carbocycles. The summed E-state index contributed by atoms with van der Waals surface area (Å²) in [6.45, 7) is 2.10. The molecule has 1 heterocycles. The van der Waals surface area contributed by atoms with E-state index in [2.05, 4.69) is 24.2 Å². The molecule has 0 bridgehead atoms. The molecule has 0 aliphatic heterocycles. The fourth-order valence-electron chi connectivity index (χ4n) is 1.45. The van der Waals surface area contributed by atoms with Gasteiger partial charge in [-0.15, -0.1) is 0 Å². The molecule has 0 saturated heterocycles. The van der Waals surface area contributed by atoms with E-state index < -0.39 is 0 Å². The van der Waals surface area contributed by atoms with Crippen molar-refractivity contribution < 1.29 is 0 Å². The molecule has 2 N–H and O–H groups in total. The van der Waals surface area contributed by atoms with E-state index in [0.29, 0.717) is 5.69 Å². The molecule has 0 saturated carbocycles. The maximum Gasteiger partial charge on any atom is 0.0741 e. The van der Waals surface area contributed by atoms with Crippen molar-refractivity contribution in [2.24, 2.45) is 0 Å². The summed E-state index contributed by atoms with van der Waals surface area (Å²) in [4.78, 5) is 0. The van der Waals surface area contributed by atoms with Crippen LogP contribution in [0.25, 0.3) is 0 Å². The summed E-state index contributed by atoms with van der Waals surface area (Å²) in [6, 6.07) is 10.5. The number of anilines is 1. The van der Waals surface area contributed by atoms with E-state index >= 15 is 0 Å². The summed E-state index contributed by atoms with van der Waals surface area (Å²) in [7, 11) is 0. The highest BCUT2D eigenvalue weighted by Crippen LogP contribution is 2.17. The van der Waals surface area contributed by atoms with Crippen LogP contribution in [0, 0.1) is 0 Å². The van der Waals surface area contributed by atoms with Crippen LogP contribution in [0.3, 0.4) is 0 Å². The molecule has 1 aromatic carbocycles. The molecule has 0 radical (unpaired) electrons. The summed E-state index contributed by atoms with van der Waals surface area (Å²) in [6.07, 6.45) is 3.51. The number of hydrogen-bond acceptors (Lipinski definition) is 2. The molecule has 0 unspecified atom stereocenters. The average Bonchev–Trinajstić information content (AvgIpc) is 2.65. The van der Waals surface area contributed by atoms with Crippen LogP contribution in [0.2, 0.25) is 0 Å². The SMILES string of the molecule is C[C@H](c1ccccc1)n1cc(N)cn1. The smallest absolute Gasteiger partial charge is 0.0741 e. The minimum atomic E-state index is 0.230. The maximum absolute atomic E-state index is 5.61. The van der Waals surface area contributed by atoms with Gasteiger partial charge in [0.1, 0.15) is 0 Å². The Morgan fingerprint density at radius 2 is 2.00 bits per heavy atom. The quantitative estimate of drug-likeness (QED) is 0.782. The average molecular weight is 187 g/mol. The molecule has 2 rings (SSSR count). The largest absolute Gasteiger partial charge is 0.396 e. The lowest BCUT2D eigenvalue weighted by molar-refractivity contribution is 0.565. The van der Waals surface area contributed by atoms with E-state index in [0.717, 1.165) is 0 Å². The van der Waals surface area contributed by atoms with Crippen molar-refractivity contribution in [3.05, 3.63) is 48.3 Å². The van der Waals surface area contributed by atoms with Gasteiger partial charge < -0.3 is 5.73 Å². The lowest BCUT2D eigenvalue weighted by Gasteiger charge is -2.11. The first-order valence-corrected chi connectivity index (χ1v) is 4.62. The normalized spacial score (nSPS) is 12.6. The van der Waals surface area contributed by atoms with E-state index in [9.17, 15) is 0 Å². The van der Waals surface area contributed by atoms with E-state index in [4.69, 9.17) is 5.73 Å². The van der Waals surface area contributed by atoms with Gasteiger partial charge in [0.2, 0.25) is 0 Å². The van der Waals surface area contributed by atoms with E-state index in [1.54, 1.807) is 6.20 Å². The molecule has 1 atom stereocenters. The molecule has 2 aromatic rings. The predicted molar refractivity (Wildman–Crippen MR) is 56.9 cm³/mol. The van der Waals surface area contributed by atoms with Crippen LogP contribution < -0.4 is 5.73 Å². The van der Waals surface area contributed by atoms with Gasteiger partial charge in [-0.2, -0.15) is 5.10 Å². The zero-order valence-corrected chi connectivity index (χ0v) is 8.09. The zero-order chi connectivity index (χ0) is 9.97. The molecule has 3 nitrogen and oxygen atoms in total. The summed E-state index contributed by atoms with van der Waals surface area (Å²) in [5.41, 5.74) is 7.54. The molecule has 14 heavy (non-hydrogen) atoms. The van der Waals surface area contributed by atoms with Crippen LogP contribution in [-0.2, 0) is 0 Å². The van der Waals surface area contributed by atoms with E-state index in [-0.39, 0.29) is 6.04 Å². The van der Waals surface area contributed by atoms with E-state index in [1.807, 2.05) is 29.1 Å². The fraction of sp³-hybridized carbons (Fsp3) is 0.182. The lowest BCUT2D eigenvalue weighted by atomic mass is 10.1. The third kappa shape index (κ3) is 1.62. The number of aromatic nitrogens is 2. The Labute approximate surface area is 83.2 Å². The number of benzene rings is 1. The second-order valence-corrected chi connectivity index (χ2v) is 3.34. The van der Waals surface area contributed by atoms with Crippen molar-refractivity contribution >= 4 is 5.69 Å². The molecule has 0 amide bonds. The van der Waals surface area contributed by atoms with E-state index in [1.165, 1.54) is 5.56 Å². The number of rotatable bonds is 2. The highest BCUT2D eigenvalue weighted by atomic mass is 15.3. The molecule has 1 aromatic heterocycles. The van der Waals surface area contributed by atoms with Gasteiger partial charge in [-0.25, -0.2) is 0 Å². The Morgan fingerprint density at radius 1 is 1.29 bits per heavy atom. The summed E-state index contributed by atoms with van der Waals surface area (Å²) in [5, 5.41) is 4.18. The molecule has 3 heteroatoms. The summed E-state index contributed by atoms with van der Waals surface area (Å²) < 4.78 is 1.87. The van der Waals surface area contributed by atoms with Crippen LogP contribution in [0.1, 0.15) is 18.5 Å². The van der Waals surface area contributed by atoms with Crippen LogP contribution in [0.5, 0.6) is 0 Å². The molecule has 72 valence electrons. The zero-order valence-electron chi connectivity index (χ0n) is 8.09. The molecule has 0 aliphatic rings. The summed E-state index contributed by atoms with van der Waals surface area (Å²) >= 11 is 0. The molecular weight excluding hydrogens is 174 g/mol. The highest BCUT2D eigenvalue weighted by Gasteiger charge is 2.07. The van der Waals surface area contributed by atoms with Crippen LogP contribution in [-0.4, -0.2) is 9.78 Å². The topological polar surface area (TPSA) is 43.8 Å². The number of hydrogen-bond donors (Lipinski definition) is 1. The second-order valence-electron chi connectivity index (χ2n) is 3.34. The fourth-order valence-corrected chi connectivity index (χ4v) is 1.45. The predicted octanol–water partition coefficient (Wildman–Crippen LogP) is 2.07. The first kappa shape index (κ1) is 8.81. The Kier molecular flexibility index (Phi) is 2.23. The Morgan fingerprint density at radius 3 is 2.57 bits per heavy atom. The maximum atomic E-state index is 5.61. The molecular formula is C11H13N3. The highest BCUT2D eigenvalue weighted by molar-refractivity contribution is 5.31. The Balaban J connectivity index is 2.29. The molecule has 0 fully saturated rings. The molecule has 0 spiro atoms. The van der Waals surface area contributed by atoms with Crippen molar-refractivity contribution in [1.82, 2.24) is 9.78 Å². The van der Waals surface area contributed by atoms with Gasteiger partial charge in [-0.3, -0.25) is 4.68 Å². The minimum absolute atomic E-state index is 0.230. The number of nitrogens with zero attached hydrogens (tertiary/aromatic N) is 2. The van der Waals surface area contributed by atoms with Crippen molar-refractivity contribution in [2.75, 3.05) is 5.73 Å². The monoisotopic (exact) mass is 187 g/mol. The number of nitrogen functional groups attached to an aromatic ring is 1. The van der Waals surface area contributed by atoms with Crippen molar-refractivity contribution in [3.63, 3.8) is 0 Å². The lowest BCUT2D eigenvalue weighted by Crippen LogP contribution is -2.06. The Bertz CT molecular complexity index is 405. The van der Waals surface area contributed by atoms with Gasteiger partial charge in [0, 0.05) is 6.20 Å². The van der Waals surface area contributed by atoms with Gasteiger partial charge in [0.15, 0.2) is 0 Å². The third-order valence-electron chi connectivity index (χ3n) is 2.30. The first-order chi connectivity index (χ1) is 6.77. The summed E-state index contributed by atoms with van der Waals surface area (Å²) in [5.74, 6) is 0. The van der Waals surface area contributed by atoms with Crippen molar-refractivity contribution in [3.8, 4) is 0 Å². The van der Waals surface area contributed by atoms with Crippen molar-refractivity contribution in [2.45, 2.75) is 13.0 Å². The van der Waals surface area contributed by atoms with Gasteiger partial charge in [-0.1, -0.05) is 30.3 Å².